The minimum absolute atomic E-state index is 0.102. The maximum absolute atomic E-state index is 4.79. The van der Waals surface area contributed by atoms with Crippen molar-refractivity contribution in [3.8, 4) is 22.3 Å². The normalized spacial score (nSPS) is 23.6. The number of nitrogens with zero attached hydrogens (tertiary/aromatic N) is 2. The van der Waals surface area contributed by atoms with Crippen molar-refractivity contribution in [1.82, 2.24) is 25.5 Å². The van der Waals surface area contributed by atoms with E-state index < -0.39 is 0 Å². The highest BCUT2D eigenvalue weighted by molar-refractivity contribution is 5.89. The first-order valence-corrected chi connectivity index (χ1v) is 24.7. The third-order valence-electron chi connectivity index (χ3n) is 15.1. The van der Waals surface area contributed by atoms with E-state index in [0.29, 0.717) is 11.8 Å². The minimum Gasteiger partial charge on any atom is -0.351 e. The maximum atomic E-state index is 4.79. The van der Waals surface area contributed by atoms with Gasteiger partial charge < -0.3 is 4.57 Å². The Hall–Kier alpha value is -7.41. The minimum atomic E-state index is -0.212. The molecule has 3 aliphatic carbocycles. The summed E-state index contributed by atoms with van der Waals surface area (Å²) in [5.74, 6) is 1.09. The van der Waals surface area contributed by atoms with E-state index in [2.05, 4.69) is 247 Å². The number of fused-ring (bicyclic) bond motifs is 2. The van der Waals surface area contributed by atoms with Gasteiger partial charge in [0.1, 0.15) is 0 Å². The second-order valence-electron chi connectivity index (χ2n) is 19.4. The van der Waals surface area contributed by atoms with Gasteiger partial charge in [-0.3, -0.25) is 20.9 Å². The smallest absolute Gasteiger partial charge is 0.0862 e. The second-order valence-corrected chi connectivity index (χ2v) is 19.4. The molecular formula is C64H57N5. The van der Waals surface area contributed by atoms with Crippen molar-refractivity contribution in [3.63, 3.8) is 0 Å². The summed E-state index contributed by atoms with van der Waals surface area (Å²) in [7, 11) is 2.13. The highest BCUT2D eigenvalue weighted by atomic mass is 15.4. The van der Waals surface area contributed by atoms with E-state index >= 15 is 0 Å². The second kappa shape index (κ2) is 18.6. The summed E-state index contributed by atoms with van der Waals surface area (Å²) in [6.45, 7) is 2.41. The highest BCUT2D eigenvalue weighted by Gasteiger charge is 2.39. The first-order valence-electron chi connectivity index (χ1n) is 24.7. The molecule has 3 N–H and O–H groups in total. The predicted molar refractivity (Wildman–Crippen MR) is 287 cm³/mol. The molecule has 12 rings (SSSR count). The predicted octanol–water partition coefficient (Wildman–Crippen LogP) is 14.1. The molecular weight excluding hydrogens is 839 g/mol. The Labute approximate surface area is 406 Å². The van der Waals surface area contributed by atoms with Crippen LogP contribution in [0, 0.1) is 23.7 Å². The van der Waals surface area contributed by atoms with Crippen molar-refractivity contribution in [1.29, 1.82) is 0 Å². The van der Waals surface area contributed by atoms with Crippen molar-refractivity contribution in [3.05, 3.63) is 253 Å². The van der Waals surface area contributed by atoms with Crippen LogP contribution in [-0.2, 0) is 7.05 Å². The lowest BCUT2D eigenvalue weighted by Crippen LogP contribution is -2.66. The summed E-state index contributed by atoms with van der Waals surface area (Å²) in [4.78, 5) is 4.79. The van der Waals surface area contributed by atoms with E-state index in [1.165, 1.54) is 66.6 Å². The number of aryl methyl sites for hydroxylation is 1. The average molecular weight is 896 g/mol. The van der Waals surface area contributed by atoms with E-state index in [1.807, 2.05) is 12.3 Å². The van der Waals surface area contributed by atoms with Gasteiger partial charge in [-0.25, -0.2) is 0 Å². The number of benzene rings is 6. The van der Waals surface area contributed by atoms with Crippen LogP contribution in [0.15, 0.2) is 230 Å². The van der Waals surface area contributed by atoms with Gasteiger partial charge in [-0.2, -0.15) is 0 Å². The molecule has 0 spiro atoms. The summed E-state index contributed by atoms with van der Waals surface area (Å²) < 4.78 is 2.21. The van der Waals surface area contributed by atoms with Gasteiger partial charge in [0.15, 0.2) is 0 Å². The molecule has 1 fully saturated rings. The van der Waals surface area contributed by atoms with Crippen LogP contribution < -0.4 is 16.0 Å². The molecule has 3 heterocycles. The summed E-state index contributed by atoms with van der Waals surface area (Å²) >= 11 is 0. The zero-order valence-corrected chi connectivity index (χ0v) is 39.2. The van der Waals surface area contributed by atoms with Crippen molar-refractivity contribution in [2.75, 3.05) is 0 Å². The van der Waals surface area contributed by atoms with E-state index in [1.54, 1.807) is 0 Å². The Balaban J connectivity index is 1.02. The molecule has 5 nitrogen and oxygen atoms in total. The third-order valence-corrected chi connectivity index (χ3v) is 15.1. The molecule has 338 valence electrons. The van der Waals surface area contributed by atoms with Gasteiger partial charge in [-0.15, -0.1) is 0 Å². The van der Waals surface area contributed by atoms with Gasteiger partial charge in [0, 0.05) is 36.3 Å². The lowest BCUT2D eigenvalue weighted by molar-refractivity contribution is 0.173. The van der Waals surface area contributed by atoms with Crippen LogP contribution >= 0.6 is 0 Å². The zero-order chi connectivity index (χ0) is 46.3. The Kier molecular flexibility index (Phi) is 11.6. The lowest BCUT2D eigenvalue weighted by atomic mass is 9.75. The number of nitrogens with one attached hydrogen (secondary N) is 3. The lowest BCUT2D eigenvalue weighted by Gasteiger charge is -2.45. The zero-order valence-electron chi connectivity index (χ0n) is 39.2. The number of pyridine rings is 1. The van der Waals surface area contributed by atoms with Crippen LogP contribution in [-0.4, -0.2) is 21.9 Å². The van der Waals surface area contributed by atoms with Crippen LogP contribution in [0.4, 0.5) is 0 Å². The molecule has 2 aromatic heterocycles. The monoisotopic (exact) mass is 895 g/mol. The molecule has 6 aromatic carbocycles. The van der Waals surface area contributed by atoms with Gasteiger partial charge >= 0.3 is 0 Å². The third kappa shape index (κ3) is 8.70. The molecule has 7 atom stereocenters. The standard InChI is InChI=1S/C64H57N5/c1-42-58(46-22-13-6-14-23-46)38-55(45-20-11-5-12-21-45)39-59(42)64-67-62(56-34-51(43-16-7-3-8-17-43)32-52(35-56)44-18-9-4-10-19-44)66-63(68-64)57-36-53(49-27-25-47-24-15-30-65-60(47)40-49)33-54(37-57)50-28-26-48-29-31-69(2)61(48)41-50/h3-18,20-31,33-42,44,52,59,62-64,66-68H,19,32H2,1-2H3/t42?,44?,52?,59?,62?,63?,64-/m0/s1. The molecule has 1 saturated heterocycles. The molecule has 0 saturated carbocycles. The van der Waals surface area contributed by atoms with Crippen molar-refractivity contribution < 1.29 is 0 Å². The Bertz CT molecular complexity index is 3370. The molecule has 69 heavy (non-hydrogen) atoms. The first-order chi connectivity index (χ1) is 34.0. The first kappa shape index (κ1) is 42.9. The van der Waals surface area contributed by atoms with E-state index in [4.69, 9.17) is 4.98 Å². The number of hydrogen-bond acceptors (Lipinski definition) is 4. The Morgan fingerprint density at radius 2 is 1.28 bits per heavy atom. The van der Waals surface area contributed by atoms with Crippen LogP contribution in [0.2, 0.25) is 0 Å². The van der Waals surface area contributed by atoms with Crippen molar-refractivity contribution in [2.45, 2.75) is 38.3 Å². The largest absolute Gasteiger partial charge is 0.351 e. The Morgan fingerprint density at radius 1 is 0.565 bits per heavy atom. The molecule has 4 aliphatic rings. The van der Waals surface area contributed by atoms with Crippen LogP contribution in [0.25, 0.3) is 60.8 Å². The molecule has 1 aliphatic heterocycles. The quantitative estimate of drug-likeness (QED) is 0.135. The number of aromatic nitrogens is 2. The summed E-state index contributed by atoms with van der Waals surface area (Å²) in [6.07, 6.45) is 24.8. The fourth-order valence-corrected chi connectivity index (χ4v) is 11.3. The fourth-order valence-electron chi connectivity index (χ4n) is 11.3. The van der Waals surface area contributed by atoms with Gasteiger partial charge in [0.2, 0.25) is 0 Å². The summed E-state index contributed by atoms with van der Waals surface area (Å²) in [5.41, 5.74) is 17.1. The van der Waals surface area contributed by atoms with Crippen LogP contribution in [0.1, 0.15) is 48.2 Å². The molecule has 5 heteroatoms. The van der Waals surface area contributed by atoms with Crippen LogP contribution in [0.5, 0.6) is 0 Å². The molecule has 0 radical (unpaired) electrons. The summed E-state index contributed by atoms with van der Waals surface area (Å²) in [6, 6.07) is 59.9. The van der Waals surface area contributed by atoms with Crippen molar-refractivity contribution in [2.24, 2.45) is 30.7 Å². The molecule has 0 amide bonds. The maximum Gasteiger partial charge on any atom is 0.0862 e. The highest BCUT2D eigenvalue weighted by Crippen LogP contribution is 2.43. The van der Waals surface area contributed by atoms with Gasteiger partial charge in [-0.05, 0) is 145 Å². The SMILES string of the molecule is CC1C(c2ccccc2)=CC(c2ccccc2)=CC1[C@H]1NC(C2=CC(C3C=CC=CC3)CC(c3ccccc3)=C2)NC(c2cc(-c3ccc4cccnc4c3)cc(-c3ccc4ccn(C)c4c3)c2)N1. The van der Waals surface area contributed by atoms with Crippen molar-refractivity contribution >= 4 is 38.5 Å². The summed E-state index contributed by atoms with van der Waals surface area (Å²) in [5, 5.41) is 15.1. The van der Waals surface area contributed by atoms with E-state index in [9.17, 15) is 0 Å². The van der Waals surface area contributed by atoms with Gasteiger partial charge in [0.25, 0.3) is 0 Å². The molecule has 0 bridgehead atoms. The van der Waals surface area contributed by atoms with Crippen LogP contribution in [0.3, 0.4) is 0 Å². The number of hydrogen-bond donors (Lipinski definition) is 3. The molecule has 8 aromatic rings. The average Bonchev–Trinajstić information content (AvgIpc) is 3.80. The number of rotatable bonds is 9. The van der Waals surface area contributed by atoms with Gasteiger partial charge in [-0.1, -0.05) is 177 Å². The molecule has 6 unspecified atom stereocenters. The topological polar surface area (TPSA) is 53.9 Å². The van der Waals surface area contributed by atoms with E-state index in [0.717, 1.165) is 34.9 Å². The fraction of sp³-hybridized carbons (Fsp3) is 0.172. The number of allylic oxidation sites excluding steroid dienone is 9. The Morgan fingerprint density at radius 3 is 2.03 bits per heavy atom. The van der Waals surface area contributed by atoms with E-state index in [-0.39, 0.29) is 30.3 Å². The van der Waals surface area contributed by atoms with Gasteiger partial charge in [0.05, 0.1) is 24.0 Å².